The Kier molecular flexibility index (Phi) is 4.70. The van der Waals surface area contributed by atoms with Crippen molar-refractivity contribution in [1.82, 2.24) is 9.78 Å². The lowest BCUT2D eigenvalue weighted by molar-refractivity contribution is 0.00693. The van der Waals surface area contributed by atoms with Crippen molar-refractivity contribution in [2.45, 2.75) is 37.0 Å². The summed E-state index contributed by atoms with van der Waals surface area (Å²) in [4.78, 5) is 25.4. The Morgan fingerprint density at radius 1 is 1.14 bits per heavy atom. The van der Waals surface area contributed by atoms with Gasteiger partial charge in [0.1, 0.15) is 5.60 Å². The van der Waals surface area contributed by atoms with Gasteiger partial charge in [-0.1, -0.05) is 18.2 Å². The van der Waals surface area contributed by atoms with Gasteiger partial charge in [0.15, 0.2) is 5.69 Å². The topological polar surface area (TPSA) is 81.4 Å². The summed E-state index contributed by atoms with van der Waals surface area (Å²) in [6.07, 6.45) is 0. The van der Waals surface area contributed by atoms with Crippen molar-refractivity contribution >= 4 is 23.7 Å². The number of aromatic nitrogens is 2. The molecule has 2 aromatic carbocycles. The van der Waals surface area contributed by atoms with E-state index in [4.69, 9.17) is 4.74 Å². The molecule has 0 saturated heterocycles. The van der Waals surface area contributed by atoms with Crippen LogP contribution in [0.1, 0.15) is 47.2 Å². The van der Waals surface area contributed by atoms with E-state index >= 15 is 0 Å². The Morgan fingerprint density at radius 3 is 2.52 bits per heavy atom. The van der Waals surface area contributed by atoms with Crippen LogP contribution in [0.3, 0.4) is 0 Å². The van der Waals surface area contributed by atoms with Crippen LogP contribution in [0.25, 0.3) is 16.9 Å². The van der Waals surface area contributed by atoms with Gasteiger partial charge in [0.25, 0.3) is 0 Å². The maximum atomic E-state index is 12.6. The molecule has 1 aliphatic rings. The highest BCUT2D eigenvalue weighted by Gasteiger charge is 2.30. The lowest BCUT2D eigenvalue weighted by Crippen LogP contribution is -2.24. The normalized spacial score (nSPS) is 12.8. The first-order valence-electron chi connectivity index (χ1n) is 9.16. The molecule has 29 heavy (non-hydrogen) atoms. The fraction of sp³-hybridized carbons (Fsp3) is 0.227. The van der Waals surface area contributed by atoms with Crippen LogP contribution in [-0.4, -0.2) is 32.4 Å². The first-order chi connectivity index (χ1) is 13.7. The van der Waals surface area contributed by atoms with Crippen molar-refractivity contribution in [3.8, 4) is 16.9 Å². The molecule has 4 rings (SSSR count). The number of para-hydroxylation sites is 1. The Bertz CT molecular complexity index is 1110. The van der Waals surface area contributed by atoms with Crippen LogP contribution in [0.15, 0.2) is 53.4 Å². The van der Waals surface area contributed by atoms with E-state index in [2.05, 4.69) is 5.10 Å². The molecule has 1 aliphatic heterocycles. The second kappa shape index (κ2) is 7.08. The summed E-state index contributed by atoms with van der Waals surface area (Å²) in [6.45, 7) is 5.46. The third-order valence-corrected chi connectivity index (χ3v) is 5.53. The molecule has 0 atom stereocenters. The molecule has 0 saturated carbocycles. The molecule has 0 radical (unpaired) electrons. The van der Waals surface area contributed by atoms with Crippen molar-refractivity contribution in [1.29, 1.82) is 0 Å². The number of carboxylic acid groups (broad SMARTS) is 1. The van der Waals surface area contributed by atoms with Gasteiger partial charge in [0.05, 0.1) is 16.9 Å². The zero-order chi connectivity index (χ0) is 20.8. The standard InChI is InChI=1S/C22H20N2O4S/c1-22(2,3)28-21(27)13-9-10-17-15(11-13)19-16(12-29-17)18(20(25)26)23-24(19)14-7-5-4-6-8-14/h4-11H,12H2,1-3H3,(H,25,26). The quantitative estimate of drug-likeness (QED) is 0.627. The Balaban J connectivity index is 1.90. The van der Waals surface area contributed by atoms with Gasteiger partial charge in [0, 0.05) is 21.8 Å². The number of aromatic carboxylic acids is 1. The van der Waals surface area contributed by atoms with E-state index in [1.54, 1.807) is 16.8 Å². The summed E-state index contributed by atoms with van der Waals surface area (Å²) >= 11 is 1.54. The number of esters is 1. The number of benzene rings is 2. The minimum absolute atomic E-state index is 0.0321. The fourth-order valence-electron chi connectivity index (χ4n) is 3.25. The van der Waals surface area contributed by atoms with Gasteiger partial charge < -0.3 is 9.84 Å². The number of hydrogen-bond acceptors (Lipinski definition) is 5. The third-order valence-electron chi connectivity index (χ3n) is 4.43. The predicted molar refractivity (Wildman–Crippen MR) is 111 cm³/mol. The second-order valence-corrected chi connectivity index (χ2v) is 8.75. The number of nitrogens with zero attached hydrogens (tertiary/aromatic N) is 2. The van der Waals surface area contributed by atoms with Crippen LogP contribution in [0.5, 0.6) is 0 Å². The van der Waals surface area contributed by atoms with E-state index in [0.29, 0.717) is 22.6 Å². The number of carbonyl (C=O) groups is 2. The number of fused-ring (bicyclic) bond motifs is 3. The zero-order valence-electron chi connectivity index (χ0n) is 16.3. The first-order valence-corrected chi connectivity index (χ1v) is 10.1. The Morgan fingerprint density at radius 2 is 1.86 bits per heavy atom. The van der Waals surface area contributed by atoms with Crippen molar-refractivity contribution in [3.63, 3.8) is 0 Å². The monoisotopic (exact) mass is 408 g/mol. The number of hydrogen-bond donors (Lipinski definition) is 1. The molecular weight excluding hydrogens is 388 g/mol. The van der Waals surface area contributed by atoms with E-state index in [1.807, 2.05) is 57.2 Å². The van der Waals surface area contributed by atoms with E-state index in [0.717, 1.165) is 16.1 Å². The number of thioether (sulfide) groups is 1. The summed E-state index contributed by atoms with van der Waals surface area (Å²) in [5.41, 5.74) is 2.75. The van der Waals surface area contributed by atoms with Crippen molar-refractivity contribution in [2.75, 3.05) is 0 Å². The lowest BCUT2D eigenvalue weighted by Gasteiger charge is -2.21. The molecular formula is C22H20N2O4S. The highest BCUT2D eigenvalue weighted by Crippen LogP contribution is 2.44. The largest absolute Gasteiger partial charge is 0.476 e. The minimum Gasteiger partial charge on any atom is -0.476 e. The molecule has 0 amide bonds. The van der Waals surface area contributed by atoms with E-state index in [1.165, 1.54) is 11.8 Å². The zero-order valence-corrected chi connectivity index (χ0v) is 17.1. The summed E-state index contributed by atoms with van der Waals surface area (Å²) in [6, 6.07) is 14.8. The highest BCUT2D eigenvalue weighted by molar-refractivity contribution is 7.98. The van der Waals surface area contributed by atoms with Gasteiger partial charge in [-0.25, -0.2) is 14.3 Å². The molecule has 0 spiro atoms. The van der Waals surface area contributed by atoms with Crippen LogP contribution in [0.2, 0.25) is 0 Å². The lowest BCUT2D eigenvalue weighted by atomic mass is 10.0. The van der Waals surface area contributed by atoms with Gasteiger partial charge in [-0.05, 0) is 51.1 Å². The molecule has 0 fully saturated rings. The number of carboxylic acids is 1. The van der Waals surface area contributed by atoms with E-state index in [9.17, 15) is 14.7 Å². The minimum atomic E-state index is -1.07. The summed E-state index contributed by atoms with van der Waals surface area (Å²) in [5, 5.41) is 14.0. The van der Waals surface area contributed by atoms with Crippen LogP contribution in [0, 0.1) is 0 Å². The summed E-state index contributed by atoms with van der Waals surface area (Å²) in [5.74, 6) is -0.979. The Hall–Kier alpha value is -3.06. The average molecular weight is 408 g/mol. The maximum Gasteiger partial charge on any atom is 0.356 e. The molecule has 1 aromatic heterocycles. The number of ether oxygens (including phenoxy) is 1. The van der Waals surface area contributed by atoms with Crippen LogP contribution in [-0.2, 0) is 10.5 Å². The molecule has 1 N–H and O–H groups in total. The summed E-state index contributed by atoms with van der Waals surface area (Å²) < 4.78 is 7.15. The molecule has 0 bridgehead atoms. The molecule has 148 valence electrons. The molecule has 6 nitrogen and oxygen atoms in total. The van der Waals surface area contributed by atoms with Gasteiger partial charge in [-0.15, -0.1) is 11.8 Å². The van der Waals surface area contributed by atoms with Gasteiger partial charge in [0.2, 0.25) is 0 Å². The molecule has 0 aliphatic carbocycles. The van der Waals surface area contributed by atoms with E-state index < -0.39 is 17.5 Å². The van der Waals surface area contributed by atoms with Crippen molar-refractivity contribution in [3.05, 3.63) is 65.4 Å². The highest BCUT2D eigenvalue weighted by atomic mass is 32.2. The summed E-state index contributed by atoms with van der Waals surface area (Å²) in [7, 11) is 0. The van der Waals surface area contributed by atoms with Crippen molar-refractivity contribution in [2.24, 2.45) is 0 Å². The molecule has 3 aromatic rings. The maximum absolute atomic E-state index is 12.6. The van der Waals surface area contributed by atoms with Gasteiger partial charge >= 0.3 is 11.9 Å². The van der Waals surface area contributed by atoms with E-state index in [-0.39, 0.29) is 5.69 Å². The van der Waals surface area contributed by atoms with Crippen LogP contribution < -0.4 is 0 Å². The molecule has 2 heterocycles. The van der Waals surface area contributed by atoms with Gasteiger partial charge in [-0.2, -0.15) is 5.10 Å². The Labute approximate surface area is 172 Å². The average Bonchev–Trinajstić information content (AvgIpc) is 3.07. The molecule has 0 unspecified atom stereocenters. The predicted octanol–water partition coefficient (Wildman–Crippen LogP) is 4.80. The fourth-order valence-corrected chi connectivity index (χ4v) is 4.30. The smallest absolute Gasteiger partial charge is 0.356 e. The van der Waals surface area contributed by atoms with Crippen molar-refractivity contribution < 1.29 is 19.4 Å². The van der Waals surface area contributed by atoms with Gasteiger partial charge in [-0.3, -0.25) is 0 Å². The number of carbonyl (C=O) groups excluding carboxylic acids is 1. The number of rotatable bonds is 3. The third kappa shape index (κ3) is 3.65. The second-order valence-electron chi connectivity index (χ2n) is 7.73. The van der Waals surface area contributed by atoms with Crippen LogP contribution >= 0.6 is 11.8 Å². The van der Waals surface area contributed by atoms with Crippen LogP contribution in [0.4, 0.5) is 0 Å². The molecule has 7 heteroatoms. The first kappa shape index (κ1) is 19.3. The SMILES string of the molecule is CC(C)(C)OC(=O)c1ccc2c(c1)-c1c(c(C(=O)O)nn1-c1ccccc1)CS2.